The third-order valence-corrected chi connectivity index (χ3v) is 2.16. The molecule has 0 bridgehead atoms. The molecular formula is C9H9N7O. The van der Waals surface area contributed by atoms with Gasteiger partial charge in [-0.05, 0) is 29.5 Å². The average molecular weight is 231 g/mol. The van der Waals surface area contributed by atoms with E-state index in [4.69, 9.17) is 4.42 Å². The normalized spacial score (nSPS) is 10.9. The number of fused-ring (bicyclic) bond motifs is 1. The quantitative estimate of drug-likeness (QED) is 0.698. The third kappa shape index (κ3) is 1.92. The molecule has 17 heavy (non-hydrogen) atoms. The van der Waals surface area contributed by atoms with Crippen molar-refractivity contribution >= 4 is 11.5 Å². The molecule has 8 heteroatoms. The highest BCUT2D eigenvalue weighted by molar-refractivity contribution is 5.41. The van der Waals surface area contributed by atoms with Gasteiger partial charge in [0.1, 0.15) is 11.6 Å². The van der Waals surface area contributed by atoms with Crippen LogP contribution in [0, 0.1) is 6.92 Å². The lowest BCUT2D eigenvalue weighted by Gasteiger charge is -2.01. The molecule has 0 aliphatic heterocycles. The number of rotatable bonds is 3. The van der Waals surface area contributed by atoms with Crippen LogP contribution in [0.25, 0.3) is 5.65 Å². The van der Waals surface area contributed by atoms with Crippen LogP contribution in [-0.2, 0) is 6.54 Å². The summed E-state index contributed by atoms with van der Waals surface area (Å²) in [6.07, 6.45) is 1.68. The summed E-state index contributed by atoms with van der Waals surface area (Å²) in [4.78, 5) is 4.08. The van der Waals surface area contributed by atoms with Gasteiger partial charge in [0, 0.05) is 0 Å². The summed E-state index contributed by atoms with van der Waals surface area (Å²) in [5.41, 5.74) is 0.600. The lowest BCUT2D eigenvalue weighted by atomic mass is 10.5. The molecule has 1 N–H and O–H groups in total. The number of hydrogen-bond acceptors (Lipinski definition) is 7. The van der Waals surface area contributed by atoms with E-state index in [1.807, 2.05) is 6.92 Å². The fraction of sp³-hybridized carbons (Fsp3) is 0.222. The Bertz CT molecular complexity index is 643. The van der Waals surface area contributed by atoms with Crippen LogP contribution in [0.2, 0.25) is 0 Å². The van der Waals surface area contributed by atoms with Crippen LogP contribution in [0.3, 0.4) is 0 Å². The SMILES string of the molecule is Cc1cnc(CNc2ccc3nnnn3n2)o1. The topological polar surface area (TPSA) is 94.0 Å². The molecule has 3 heterocycles. The minimum atomic E-state index is 0.467. The number of aryl methyl sites for hydroxylation is 1. The zero-order chi connectivity index (χ0) is 11.7. The first-order valence-electron chi connectivity index (χ1n) is 5.02. The van der Waals surface area contributed by atoms with Crippen molar-refractivity contribution in [1.82, 2.24) is 30.2 Å². The van der Waals surface area contributed by atoms with Crippen molar-refractivity contribution in [2.24, 2.45) is 0 Å². The second-order valence-electron chi connectivity index (χ2n) is 3.46. The highest BCUT2D eigenvalue weighted by Gasteiger charge is 2.03. The Labute approximate surface area is 95.7 Å². The molecule has 0 atom stereocenters. The summed E-state index contributed by atoms with van der Waals surface area (Å²) >= 11 is 0. The van der Waals surface area contributed by atoms with Gasteiger partial charge >= 0.3 is 0 Å². The number of aromatic nitrogens is 6. The Balaban J connectivity index is 1.76. The van der Waals surface area contributed by atoms with E-state index in [9.17, 15) is 0 Å². The Hall–Kier alpha value is -2.51. The minimum Gasteiger partial charge on any atom is -0.444 e. The molecule has 0 fully saturated rings. The number of hydrogen-bond donors (Lipinski definition) is 1. The molecule has 3 aromatic heterocycles. The molecule has 0 aliphatic rings. The van der Waals surface area contributed by atoms with E-state index in [1.54, 1.807) is 18.3 Å². The monoisotopic (exact) mass is 231 g/mol. The van der Waals surface area contributed by atoms with Crippen molar-refractivity contribution in [3.8, 4) is 0 Å². The maximum atomic E-state index is 5.33. The fourth-order valence-electron chi connectivity index (χ4n) is 1.39. The molecule has 0 aromatic carbocycles. The lowest BCUT2D eigenvalue weighted by molar-refractivity contribution is 0.478. The number of anilines is 1. The van der Waals surface area contributed by atoms with E-state index in [1.165, 1.54) is 4.63 Å². The van der Waals surface area contributed by atoms with Crippen LogP contribution < -0.4 is 5.32 Å². The van der Waals surface area contributed by atoms with Crippen LogP contribution in [0.1, 0.15) is 11.7 Å². The highest BCUT2D eigenvalue weighted by atomic mass is 16.4. The zero-order valence-corrected chi connectivity index (χ0v) is 9.03. The minimum absolute atomic E-state index is 0.467. The first kappa shape index (κ1) is 9.70. The molecular weight excluding hydrogens is 222 g/mol. The molecule has 0 aliphatic carbocycles. The summed E-state index contributed by atoms with van der Waals surface area (Å²) in [5.74, 6) is 2.05. The Morgan fingerprint density at radius 3 is 3.18 bits per heavy atom. The molecule has 0 radical (unpaired) electrons. The predicted octanol–water partition coefficient (Wildman–Crippen LogP) is 0.428. The van der Waals surface area contributed by atoms with Gasteiger partial charge < -0.3 is 9.73 Å². The van der Waals surface area contributed by atoms with Gasteiger partial charge in [-0.1, -0.05) is 0 Å². The van der Waals surface area contributed by atoms with E-state index in [0.29, 0.717) is 23.9 Å². The van der Waals surface area contributed by atoms with Crippen LogP contribution in [-0.4, -0.2) is 30.2 Å². The average Bonchev–Trinajstić information content (AvgIpc) is 2.94. The molecule has 3 rings (SSSR count). The van der Waals surface area contributed by atoms with E-state index in [2.05, 4.69) is 30.9 Å². The number of tetrazole rings is 1. The second-order valence-corrected chi connectivity index (χ2v) is 3.46. The Kier molecular flexibility index (Phi) is 2.18. The first-order chi connectivity index (χ1) is 8.31. The van der Waals surface area contributed by atoms with Gasteiger partial charge in [-0.3, -0.25) is 0 Å². The smallest absolute Gasteiger partial charge is 0.213 e. The molecule has 0 saturated heterocycles. The fourth-order valence-corrected chi connectivity index (χ4v) is 1.39. The van der Waals surface area contributed by atoms with Gasteiger partial charge in [0.05, 0.1) is 12.7 Å². The lowest BCUT2D eigenvalue weighted by Crippen LogP contribution is -2.04. The first-order valence-corrected chi connectivity index (χ1v) is 5.02. The zero-order valence-electron chi connectivity index (χ0n) is 9.03. The van der Waals surface area contributed by atoms with Crippen molar-refractivity contribution in [2.45, 2.75) is 13.5 Å². The van der Waals surface area contributed by atoms with E-state index in [0.717, 1.165) is 5.76 Å². The van der Waals surface area contributed by atoms with Gasteiger partial charge in [0.15, 0.2) is 5.65 Å². The van der Waals surface area contributed by atoms with E-state index >= 15 is 0 Å². The van der Waals surface area contributed by atoms with Crippen LogP contribution >= 0.6 is 0 Å². The van der Waals surface area contributed by atoms with Crippen molar-refractivity contribution in [3.63, 3.8) is 0 Å². The van der Waals surface area contributed by atoms with Crippen LogP contribution in [0.4, 0.5) is 5.82 Å². The van der Waals surface area contributed by atoms with Crippen LogP contribution in [0.15, 0.2) is 22.7 Å². The van der Waals surface area contributed by atoms with Gasteiger partial charge in [-0.15, -0.1) is 14.8 Å². The van der Waals surface area contributed by atoms with Crippen molar-refractivity contribution < 1.29 is 4.42 Å². The third-order valence-electron chi connectivity index (χ3n) is 2.16. The molecule has 86 valence electrons. The number of oxazole rings is 1. The summed E-state index contributed by atoms with van der Waals surface area (Å²) in [6, 6.07) is 3.57. The van der Waals surface area contributed by atoms with E-state index < -0.39 is 0 Å². The van der Waals surface area contributed by atoms with Gasteiger partial charge in [0.25, 0.3) is 0 Å². The van der Waals surface area contributed by atoms with Crippen LogP contribution in [0.5, 0.6) is 0 Å². The second kappa shape index (κ2) is 3.81. The van der Waals surface area contributed by atoms with Crippen molar-refractivity contribution in [3.05, 3.63) is 30.0 Å². The maximum absolute atomic E-state index is 5.33. The van der Waals surface area contributed by atoms with Gasteiger partial charge in [-0.25, -0.2) is 4.98 Å². The number of nitrogens with one attached hydrogen (secondary N) is 1. The summed E-state index contributed by atoms with van der Waals surface area (Å²) in [7, 11) is 0. The standard InChI is InChI=1S/C9H9N7O/c1-6-4-11-9(17-6)5-10-7-2-3-8-12-14-15-16(8)13-7/h2-4H,5H2,1H3,(H,10,13). The Morgan fingerprint density at radius 1 is 1.41 bits per heavy atom. The van der Waals surface area contributed by atoms with Gasteiger partial charge in [-0.2, -0.15) is 0 Å². The van der Waals surface area contributed by atoms with E-state index in [-0.39, 0.29) is 0 Å². The molecule has 0 unspecified atom stereocenters. The Morgan fingerprint density at radius 2 is 2.35 bits per heavy atom. The van der Waals surface area contributed by atoms with Gasteiger partial charge in [0.2, 0.25) is 5.89 Å². The number of nitrogens with zero attached hydrogens (tertiary/aromatic N) is 6. The molecule has 8 nitrogen and oxygen atoms in total. The molecule has 0 spiro atoms. The molecule has 0 saturated carbocycles. The maximum Gasteiger partial charge on any atom is 0.213 e. The highest BCUT2D eigenvalue weighted by Crippen LogP contribution is 2.07. The predicted molar refractivity (Wildman–Crippen MR) is 57.1 cm³/mol. The molecule has 3 aromatic rings. The summed E-state index contributed by atoms with van der Waals surface area (Å²) < 4.78 is 6.68. The summed E-state index contributed by atoms with van der Waals surface area (Å²) in [6.45, 7) is 2.32. The van der Waals surface area contributed by atoms with Crippen molar-refractivity contribution in [2.75, 3.05) is 5.32 Å². The largest absolute Gasteiger partial charge is 0.444 e. The van der Waals surface area contributed by atoms with Crippen molar-refractivity contribution in [1.29, 1.82) is 0 Å². The molecule has 0 amide bonds. The summed E-state index contributed by atoms with van der Waals surface area (Å²) in [5, 5.41) is 18.2.